The highest BCUT2D eigenvalue weighted by molar-refractivity contribution is 5.89. The third-order valence-corrected chi connectivity index (χ3v) is 5.21. The fraction of sp³-hybridized carbons (Fsp3) is 0.381. The van der Waals surface area contributed by atoms with Crippen LogP contribution in [-0.2, 0) is 16.1 Å². The second-order valence-electron chi connectivity index (χ2n) is 7.23. The van der Waals surface area contributed by atoms with E-state index in [1.165, 1.54) is 0 Å². The van der Waals surface area contributed by atoms with Crippen molar-refractivity contribution in [2.75, 3.05) is 6.54 Å². The maximum Gasteiger partial charge on any atom is 0.225 e. The zero-order chi connectivity index (χ0) is 17.9. The summed E-state index contributed by atoms with van der Waals surface area (Å²) in [5.41, 5.74) is 2.00. The Bertz CT molecular complexity index is 774. The summed E-state index contributed by atoms with van der Waals surface area (Å²) >= 11 is 0. The van der Waals surface area contributed by atoms with Crippen molar-refractivity contribution in [3.63, 3.8) is 0 Å². The molecule has 0 spiro atoms. The summed E-state index contributed by atoms with van der Waals surface area (Å²) in [5, 5.41) is 3.21. The number of nitrogens with zero attached hydrogens (tertiary/aromatic N) is 2. The molecular weight excluding hydrogens is 326 g/mol. The molecule has 1 aromatic carbocycles. The molecule has 26 heavy (non-hydrogen) atoms. The van der Waals surface area contributed by atoms with Gasteiger partial charge in [0.15, 0.2) is 0 Å². The predicted molar refractivity (Wildman–Crippen MR) is 97.8 cm³/mol. The number of carbonyl (C=O) groups excluding carboxylic acids is 2. The van der Waals surface area contributed by atoms with Crippen molar-refractivity contribution < 1.29 is 9.59 Å². The minimum atomic E-state index is -0.281. The number of aromatic nitrogens is 1. The highest BCUT2D eigenvalue weighted by atomic mass is 16.2. The van der Waals surface area contributed by atoms with Gasteiger partial charge in [-0.1, -0.05) is 36.4 Å². The topological polar surface area (TPSA) is 62.3 Å². The van der Waals surface area contributed by atoms with Crippen LogP contribution in [0.4, 0.5) is 0 Å². The van der Waals surface area contributed by atoms with Crippen LogP contribution >= 0.6 is 0 Å². The molecule has 134 valence electrons. The van der Waals surface area contributed by atoms with E-state index >= 15 is 0 Å². The molecule has 5 nitrogen and oxygen atoms in total. The first kappa shape index (κ1) is 16.8. The maximum atomic E-state index is 12.8. The van der Waals surface area contributed by atoms with Gasteiger partial charge < -0.3 is 10.2 Å². The first-order chi connectivity index (χ1) is 12.7. The fourth-order valence-electron chi connectivity index (χ4n) is 3.62. The fourth-order valence-corrected chi connectivity index (χ4v) is 3.62. The molecule has 1 saturated heterocycles. The van der Waals surface area contributed by atoms with Gasteiger partial charge in [0.05, 0.1) is 24.2 Å². The number of hydrogen-bond donors (Lipinski definition) is 1. The molecule has 0 radical (unpaired) electrons. The molecular formula is C21H23N3O2. The van der Waals surface area contributed by atoms with Gasteiger partial charge in [0, 0.05) is 19.2 Å². The summed E-state index contributed by atoms with van der Waals surface area (Å²) in [4.78, 5) is 31.1. The number of likely N-dealkylation sites (tertiary alicyclic amines) is 1. The summed E-state index contributed by atoms with van der Waals surface area (Å²) in [5.74, 6) is 0.250. The minimum Gasteiger partial charge on any atom is -0.349 e. The maximum absolute atomic E-state index is 12.8. The lowest BCUT2D eigenvalue weighted by Gasteiger charge is -2.21. The van der Waals surface area contributed by atoms with Crippen LogP contribution < -0.4 is 5.32 Å². The van der Waals surface area contributed by atoms with Crippen molar-refractivity contribution >= 4 is 11.8 Å². The van der Waals surface area contributed by atoms with Crippen molar-refractivity contribution in [1.29, 1.82) is 0 Å². The van der Waals surface area contributed by atoms with Crippen molar-refractivity contribution in [2.45, 2.75) is 31.8 Å². The molecule has 1 aliphatic carbocycles. The Kier molecular flexibility index (Phi) is 4.69. The monoisotopic (exact) mass is 349 g/mol. The van der Waals surface area contributed by atoms with Crippen LogP contribution in [-0.4, -0.2) is 28.2 Å². The number of carbonyl (C=O) groups is 2. The molecule has 2 aliphatic rings. The molecule has 2 aromatic rings. The Morgan fingerprint density at radius 1 is 1.15 bits per heavy atom. The third kappa shape index (κ3) is 3.77. The van der Waals surface area contributed by atoms with E-state index in [4.69, 9.17) is 0 Å². The van der Waals surface area contributed by atoms with Gasteiger partial charge in [0.1, 0.15) is 0 Å². The van der Waals surface area contributed by atoms with E-state index in [9.17, 15) is 9.59 Å². The lowest BCUT2D eigenvalue weighted by Crippen LogP contribution is -2.36. The number of rotatable bonds is 6. The van der Waals surface area contributed by atoms with Gasteiger partial charge in [-0.2, -0.15) is 0 Å². The Morgan fingerprint density at radius 3 is 2.62 bits per heavy atom. The van der Waals surface area contributed by atoms with Crippen molar-refractivity contribution in [3.05, 3.63) is 66.0 Å². The highest BCUT2D eigenvalue weighted by Gasteiger charge is 2.38. The molecule has 2 fully saturated rings. The largest absolute Gasteiger partial charge is 0.349 e. The molecule has 5 heteroatoms. The van der Waals surface area contributed by atoms with Crippen LogP contribution in [0, 0.1) is 11.8 Å². The Balaban J connectivity index is 1.39. The number of pyridine rings is 1. The average Bonchev–Trinajstić information content (AvgIpc) is 3.45. The molecule has 1 saturated carbocycles. The zero-order valence-electron chi connectivity index (χ0n) is 14.7. The van der Waals surface area contributed by atoms with Gasteiger partial charge in [-0.25, -0.2) is 0 Å². The van der Waals surface area contributed by atoms with E-state index in [2.05, 4.69) is 22.4 Å². The van der Waals surface area contributed by atoms with Crippen LogP contribution in [0.2, 0.25) is 0 Å². The van der Waals surface area contributed by atoms with Crippen molar-refractivity contribution in [1.82, 2.24) is 15.2 Å². The van der Waals surface area contributed by atoms with Crippen LogP contribution in [0.3, 0.4) is 0 Å². The van der Waals surface area contributed by atoms with Gasteiger partial charge >= 0.3 is 0 Å². The first-order valence-electron chi connectivity index (χ1n) is 9.23. The number of hydrogen-bond acceptors (Lipinski definition) is 3. The van der Waals surface area contributed by atoms with Crippen LogP contribution in [0.1, 0.15) is 36.6 Å². The highest BCUT2D eigenvalue weighted by Crippen LogP contribution is 2.41. The molecule has 2 amide bonds. The summed E-state index contributed by atoms with van der Waals surface area (Å²) in [6, 6.07) is 15.9. The van der Waals surface area contributed by atoms with E-state index in [1.54, 1.807) is 11.1 Å². The van der Waals surface area contributed by atoms with Crippen molar-refractivity contribution in [3.8, 4) is 0 Å². The Hall–Kier alpha value is -2.69. The summed E-state index contributed by atoms with van der Waals surface area (Å²) in [6.45, 7) is 0.932. The second kappa shape index (κ2) is 7.28. The Labute approximate surface area is 153 Å². The molecule has 1 aliphatic heterocycles. The summed E-state index contributed by atoms with van der Waals surface area (Å²) < 4.78 is 0. The van der Waals surface area contributed by atoms with Gasteiger partial charge in [-0.3, -0.25) is 14.6 Å². The smallest absolute Gasteiger partial charge is 0.225 e. The minimum absolute atomic E-state index is 0.0115. The van der Waals surface area contributed by atoms with E-state index in [0.29, 0.717) is 19.0 Å². The van der Waals surface area contributed by atoms with Gasteiger partial charge in [-0.15, -0.1) is 0 Å². The van der Waals surface area contributed by atoms with E-state index in [-0.39, 0.29) is 30.2 Å². The van der Waals surface area contributed by atoms with Crippen LogP contribution in [0.25, 0.3) is 0 Å². The van der Waals surface area contributed by atoms with Gasteiger partial charge in [-0.05, 0) is 36.5 Å². The summed E-state index contributed by atoms with van der Waals surface area (Å²) in [6.07, 6.45) is 4.30. The molecule has 2 heterocycles. The molecule has 0 bridgehead atoms. The molecule has 0 unspecified atom stereocenters. The van der Waals surface area contributed by atoms with Crippen molar-refractivity contribution in [2.24, 2.45) is 11.8 Å². The molecule has 1 aromatic heterocycles. The SMILES string of the molecule is O=C(N[C@H](c1ccccc1)C1CC1)[C@H]1CC(=O)N(Cc2ccccn2)C1. The standard InChI is InChI=1S/C21H23N3O2/c25-19-12-17(13-24(19)14-18-8-4-5-11-22-18)21(26)23-20(16-9-10-16)15-6-2-1-3-7-15/h1-8,11,16-17,20H,9-10,12-14H2,(H,23,26)/t17-,20+/m0/s1. The van der Waals surface area contributed by atoms with Gasteiger partial charge in [0.2, 0.25) is 11.8 Å². The number of nitrogens with one attached hydrogen (secondary N) is 1. The predicted octanol–water partition coefficient (Wildman–Crippen LogP) is 2.70. The average molecular weight is 349 g/mol. The van der Waals surface area contributed by atoms with E-state index in [1.807, 2.05) is 36.4 Å². The lowest BCUT2D eigenvalue weighted by atomic mass is 10.0. The van der Waals surface area contributed by atoms with Crippen LogP contribution in [0.5, 0.6) is 0 Å². The normalized spacial score (nSPS) is 20.8. The third-order valence-electron chi connectivity index (χ3n) is 5.21. The van der Waals surface area contributed by atoms with Gasteiger partial charge in [0.25, 0.3) is 0 Å². The molecule has 1 N–H and O–H groups in total. The second-order valence-corrected chi connectivity index (χ2v) is 7.23. The summed E-state index contributed by atoms with van der Waals surface area (Å²) in [7, 11) is 0. The number of amides is 2. The first-order valence-corrected chi connectivity index (χ1v) is 9.23. The van der Waals surface area contributed by atoms with Crippen LogP contribution in [0.15, 0.2) is 54.7 Å². The zero-order valence-corrected chi connectivity index (χ0v) is 14.7. The lowest BCUT2D eigenvalue weighted by molar-refractivity contribution is -0.129. The Morgan fingerprint density at radius 2 is 1.92 bits per heavy atom. The van der Waals surface area contributed by atoms with E-state index in [0.717, 1.165) is 24.1 Å². The molecule has 2 atom stereocenters. The number of benzene rings is 1. The van der Waals surface area contributed by atoms with E-state index < -0.39 is 0 Å². The quantitative estimate of drug-likeness (QED) is 0.872. The molecule has 4 rings (SSSR count).